The Bertz CT molecular complexity index is 642. The lowest BCUT2D eigenvalue weighted by atomic mass is 9.96. The van der Waals surface area contributed by atoms with E-state index in [1.165, 1.54) is 11.1 Å². The average molecular weight is 249 g/mol. The molecule has 0 saturated carbocycles. The Kier molecular flexibility index (Phi) is 3.11. The van der Waals surface area contributed by atoms with Crippen molar-refractivity contribution < 1.29 is 0 Å². The van der Waals surface area contributed by atoms with Crippen molar-refractivity contribution in [1.29, 1.82) is 0 Å². The molecule has 2 heterocycles. The maximum absolute atomic E-state index is 6.03. The number of nitrogens with two attached hydrogens (primary N) is 1. The number of pyridine rings is 1. The molecule has 1 aromatic carbocycles. The Morgan fingerprint density at radius 1 is 0.947 bits per heavy atom. The third kappa shape index (κ3) is 2.55. The van der Waals surface area contributed by atoms with Gasteiger partial charge in [-0.2, -0.15) is 0 Å². The second-order valence-electron chi connectivity index (χ2n) is 4.58. The summed E-state index contributed by atoms with van der Waals surface area (Å²) in [7, 11) is 0. The molecule has 2 N–H and O–H groups in total. The van der Waals surface area contributed by atoms with Gasteiger partial charge in [0, 0.05) is 30.8 Å². The normalized spacial score (nSPS) is 14.2. The largest absolute Gasteiger partial charge is 0.399 e. The van der Waals surface area contributed by atoms with Crippen LogP contribution < -0.4 is 5.73 Å². The molecule has 0 aliphatic carbocycles. The highest BCUT2D eigenvalue weighted by atomic mass is 14.7. The van der Waals surface area contributed by atoms with Crippen LogP contribution in [0.2, 0.25) is 0 Å². The first-order valence-electron chi connectivity index (χ1n) is 6.33. The zero-order valence-corrected chi connectivity index (χ0v) is 10.6. The molecule has 0 spiro atoms. The summed E-state index contributed by atoms with van der Waals surface area (Å²) in [6, 6.07) is 10.2. The number of aromatic nitrogens is 1. The quantitative estimate of drug-likeness (QED) is 0.831. The van der Waals surface area contributed by atoms with Crippen molar-refractivity contribution in [3.63, 3.8) is 0 Å². The molecule has 1 aliphatic heterocycles. The molecule has 0 atom stereocenters. The zero-order valence-electron chi connectivity index (χ0n) is 10.6. The van der Waals surface area contributed by atoms with E-state index in [9.17, 15) is 0 Å². The van der Waals surface area contributed by atoms with Crippen molar-refractivity contribution in [2.75, 3.05) is 12.3 Å². The van der Waals surface area contributed by atoms with Gasteiger partial charge in [-0.1, -0.05) is 0 Å². The fourth-order valence-corrected chi connectivity index (χ4v) is 2.27. The van der Waals surface area contributed by atoms with E-state index in [0.29, 0.717) is 0 Å². The molecule has 0 fully saturated rings. The number of rotatable bonds is 2. The summed E-state index contributed by atoms with van der Waals surface area (Å²) >= 11 is 0. The van der Waals surface area contributed by atoms with E-state index in [-0.39, 0.29) is 0 Å². The van der Waals surface area contributed by atoms with Crippen LogP contribution in [-0.4, -0.2) is 17.7 Å². The molecule has 0 amide bonds. The van der Waals surface area contributed by atoms with E-state index in [1.807, 2.05) is 30.5 Å². The molecule has 0 radical (unpaired) electrons. The van der Waals surface area contributed by atoms with Gasteiger partial charge in [0.25, 0.3) is 0 Å². The third-order valence-corrected chi connectivity index (χ3v) is 3.23. The Morgan fingerprint density at radius 2 is 1.74 bits per heavy atom. The fraction of sp³-hybridized carbons (Fsp3) is 0.125. The molecule has 3 nitrogen and oxygen atoms in total. The first-order valence-corrected chi connectivity index (χ1v) is 6.33. The summed E-state index contributed by atoms with van der Waals surface area (Å²) in [5.74, 6) is 0. The molecule has 19 heavy (non-hydrogen) atoms. The van der Waals surface area contributed by atoms with Crippen LogP contribution in [0.5, 0.6) is 0 Å². The zero-order chi connectivity index (χ0) is 13.1. The van der Waals surface area contributed by atoms with E-state index >= 15 is 0 Å². The monoisotopic (exact) mass is 249 g/mol. The summed E-state index contributed by atoms with van der Waals surface area (Å²) in [4.78, 5) is 8.26. The predicted molar refractivity (Wildman–Crippen MR) is 80.0 cm³/mol. The van der Waals surface area contributed by atoms with E-state index < -0.39 is 0 Å². The minimum atomic E-state index is 0.785. The van der Waals surface area contributed by atoms with Crippen LogP contribution in [-0.2, 0) is 0 Å². The number of hydrogen-bond donors (Lipinski definition) is 1. The summed E-state index contributed by atoms with van der Waals surface area (Å²) in [6.07, 6.45) is 8.49. The number of anilines is 1. The highest BCUT2D eigenvalue weighted by molar-refractivity contribution is 5.88. The molecule has 0 unspecified atom stereocenters. The Labute approximate surface area is 112 Å². The maximum Gasteiger partial charge on any atom is 0.0429 e. The highest BCUT2D eigenvalue weighted by Gasteiger charge is 2.07. The predicted octanol–water partition coefficient (Wildman–Crippen LogP) is 3.19. The van der Waals surface area contributed by atoms with E-state index in [0.717, 1.165) is 29.8 Å². The molecule has 1 aliphatic rings. The minimum absolute atomic E-state index is 0.785. The Hall–Kier alpha value is -2.42. The maximum atomic E-state index is 6.03. The molecule has 2 aromatic rings. The molecule has 3 heteroatoms. The van der Waals surface area contributed by atoms with Crippen LogP contribution in [0.25, 0.3) is 16.7 Å². The first-order chi connectivity index (χ1) is 9.33. The lowest BCUT2D eigenvalue weighted by molar-refractivity contribution is 1.02. The lowest BCUT2D eigenvalue weighted by Gasteiger charge is -2.12. The van der Waals surface area contributed by atoms with Gasteiger partial charge < -0.3 is 5.73 Å². The molecule has 0 saturated heterocycles. The van der Waals surface area contributed by atoms with Gasteiger partial charge in [0.1, 0.15) is 0 Å². The summed E-state index contributed by atoms with van der Waals surface area (Å²) < 4.78 is 0. The first kappa shape index (κ1) is 11.7. The van der Waals surface area contributed by atoms with Gasteiger partial charge in [0.05, 0.1) is 0 Å². The molecule has 1 aromatic heterocycles. The molecule has 94 valence electrons. The summed E-state index contributed by atoms with van der Waals surface area (Å²) in [5, 5.41) is 0. The van der Waals surface area contributed by atoms with Crippen molar-refractivity contribution in [2.45, 2.75) is 6.42 Å². The molecule has 3 rings (SSSR count). The van der Waals surface area contributed by atoms with Gasteiger partial charge in [0.15, 0.2) is 0 Å². The molecule has 0 bridgehead atoms. The van der Waals surface area contributed by atoms with Gasteiger partial charge in [0.2, 0.25) is 0 Å². The van der Waals surface area contributed by atoms with Gasteiger partial charge >= 0.3 is 0 Å². The number of nitrogen functional groups attached to an aromatic ring is 1. The van der Waals surface area contributed by atoms with Crippen LogP contribution in [0.4, 0.5) is 5.69 Å². The van der Waals surface area contributed by atoms with E-state index in [2.05, 4.69) is 22.1 Å². The number of allylic oxidation sites excluding steroid dienone is 1. The van der Waals surface area contributed by atoms with Crippen molar-refractivity contribution >= 4 is 17.5 Å². The third-order valence-electron chi connectivity index (χ3n) is 3.23. The van der Waals surface area contributed by atoms with Crippen molar-refractivity contribution in [3.8, 4) is 11.1 Å². The van der Waals surface area contributed by atoms with Crippen LogP contribution in [0.3, 0.4) is 0 Å². The SMILES string of the molecule is Nc1cc(C2=CC=NCC2)cc(-c2ccncc2)c1. The summed E-state index contributed by atoms with van der Waals surface area (Å²) in [5.41, 5.74) is 11.5. The standard InChI is InChI=1S/C16H15N3/c17-16-10-14(12-1-5-18-6-2-12)9-15(11-16)13-3-7-19-8-4-13/h1-3,5-7,9-11H,4,8,17H2. The summed E-state index contributed by atoms with van der Waals surface area (Å²) in [6.45, 7) is 0.852. The van der Waals surface area contributed by atoms with Crippen LogP contribution in [0.15, 0.2) is 53.8 Å². The van der Waals surface area contributed by atoms with Gasteiger partial charge in [-0.25, -0.2) is 0 Å². The van der Waals surface area contributed by atoms with Crippen molar-refractivity contribution in [2.24, 2.45) is 4.99 Å². The van der Waals surface area contributed by atoms with E-state index in [1.54, 1.807) is 12.4 Å². The van der Waals surface area contributed by atoms with Crippen molar-refractivity contribution in [3.05, 3.63) is 54.4 Å². The molecular formula is C16H15N3. The van der Waals surface area contributed by atoms with Crippen molar-refractivity contribution in [1.82, 2.24) is 4.98 Å². The fourth-order valence-electron chi connectivity index (χ4n) is 2.27. The number of benzene rings is 1. The second kappa shape index (κ2) is 5.06. The van der Waals surface area contributed by atoms with Crippen LogP contribution >= 0.6 is 0 Å². The second-order valence-corrected chi connectivity index (χ2v) is 4.58. The lowest BCUT2D eigenvalue weighted by Crippen LogP contribution is -1.96. The number of nitrogens with zero attached hydrogens (tertiary/aromatic N) is 2. The highest BCUT2D eigenvalue weighted by Crippen LogP contribution is 2.28. The van der Waals surface area contributed by atoms with E-state index in [4.69, 9.17) is 5.73 Å². The number of dihydropyridines is 1. The Morgan fingerprint density at radius 3 is 2.47 bits per heavy atom. The van der Waals surface area contributed by atoms with Crippen LogP contribution in [0, 0.1) is 0 Å². The number of aliphatic imine (C=N–C) groups is 1. The topological polar surface area (TPSA) is 51.3 Å². The smallest absolute Gasteiger partial charge is 0.0429 e. The van der Waals surface area contributed by atoms with Gasteiger partial charge in [-0.05, 0) is 65.1 Å². The van der Waals surface area contributed by atoms with Gasteiger partial charge in [-0.3, -0.25) is 9.98 Å². The Balaban J connectivity index is 2.06. The average Bonchev–Trinajstić information content (AvgIpc) is 2.48. The van der Waals surface area contributed by atoms with Crippen LogP contribution in [0.1, 0.15) is 12.0 Å². The number of hydrogen-bond acceptors (Lipinski definition) is 3. The minimum Gasteiger partial charge on any atom is -0.399 e. The molecular weight excluding hydrogens is 234 g/mol. The van der Waals surface area contributed by atoms with Gasteiger partial charge in [-0.15, -0.1) is 0 Å².